The number of hydrogen-bond donors (Lipinski definition) is 1. The number of benzene rings is 2. The van der Waals surface area contributed by atoms with Crippen molar-refractivity contribution >= 4 is 17.6 Å². The first kappa shape index (κ1) is 14.3. The van der Waals surface area contributed by atoms with E-state index in [0.717, 1.165) is 0 Å². The van der Waals surface area contributed by atoms with Gasteiger partial charge in [0.15, 0.2) is 6.10 Å². The third-order valence-corrected chi connectivity index (χ3v) is 2.90. The second-order valence-electron chi connectivity index (χ2n) is 4.24. The van der Waals surface area contributed by atoms with Crippen molar-refractivity contribution in [2.75, 3.05) is 0 Å². The summed E-state index contributed by atoms with van der Waals surface area (Å²) in [6.45, 7) is 0. The van der Waals surface area contributed by atoms with Crippen molar-refractivity contribution in [1.29, 1.82) is 0 Å². The molecule has 2 aromatic carbocycles. The second kappa shape index (κ2) is 6.39. The van der Waals surface area contributed by atoms with Gasteiger partial charge in [-0.15, -0.1) is 0 Å². The van der Waals surface area contributed by atoms with Crippen LogP contribution in [-0.4, -0.2) is 17.2 Å². The van der Waals surface area contributed by atoms with Gasteiger partial charge in [-0.1, -0.05) is 29.8 Å². The van der Waals surface area contributed by atoms with E-state index in [0.29, 0.717) is 16.3 Å². The summed E-state index contributed by atoms with van der Waals surface area (Å²) in [6, 6.07) is 12.3. The Morgan fingerprint density at radius 3 is 2.65 bits per heavy atom. The lowest BCUT2D eigenvalue weighted by molar-refractivity contribution is -0.145. The summed E-state index contributed by atoms with van der Waals surface area (Å²) in [5, 5.41) is 9.64. The maximum atomic E-state index is 13.1. The van der Waals surface area contributed by atoms with Gasteiger partial charge in [0, 0.05) is 11.4 Å². The molecule has 5 heteroatoms. The van der Waals surface area contributed by atoms with Crippen molar-refractivity contribution in [3.63, 3.8) is 0 Å². The number of hydrogen-bond acceptors (Lipinski definition) is 2. The molecule has 1 N–H and O–H groups in total. The largest absolute Gasteiger partial charge is 0.478 e. The summed E-state index contributed by atoms with van der Waals surface area (Å²) in [6.07, 6.45) is -1.03. The SMILES string of the molecule is O=C(O)[C@@H](Cc1cccc(F)c1)Oc1cccc(Cl)c1. The van der Waals surface area contributed by atoms with Crippen LogP contribution in [0.2, 0.25) is 5.02 Å². The van der Waals surface area contributed by atoms with Crippen LogP contribution in [0.3, 0.4) is 0 Å². The van der Waals surface area contributed by atoms with Crippen LogP contribution in [0.25, 0.3) is 0 Å². The van der Waals surface area contributed by atoms with E-state index in [9.17, 15) is 14.3 Å². The Bertz CT molecular complexity index is 568. The monoisotopic (exact) mass is 294 g/mol. The maximum Gasteiger partial charge on any atom is 0.345 e. The third-order valence-electron chi connectivity index (χ3n) is 2.66. The molecule has 0 aromatic heterocycles. The van der Waals surface area contributed by atoms with E-state index < -0.39 is 17.9 Å². The summed E-state index contributed by atoms with van der Waals surface area (Å²) < 4.78 is 18.5. The van der Waals surface area contributed by atoms with Crippen molar-refractivity contribution < 1.29 is 19.0 Å². The average molecular weight is 295 g/mol. The van der Waals surface area contributed by atoms with Gasteiger partial charge in [0.25, 0.3) is 0 Å². The van der Waals surface area contributed by atoms with E-state index in [2.05, 4.69) is 0 Å². The Morgan fingerprint density at radius 1 is 1.25 bits per heavy atom. The molecule has 0 aliphatic rings. The average Bonchev–Trinajstić information content (AvgIpc) is 2.38. The Balaban J connectivity index is 2.13. The highest BCUT2D eigenvalue weighted by Gasteiger charge is 2.20. The van der Waals surface area contributed by atoms with E-state index >= 15 is 0 Å². The molecule has 0 unspecified atom stereocenters. The lowest BCUT2D eigenvalue weighted by atomic mass is 10.1. The van der Waals surface area contributed by atoms with Crippen molar-refractivity contribution in [1.82, 2.24) is 0 Å². The summed E-state index contributed by atoms with van der Waals surface area (Å²) in [4.78, 5) is 11.2. The van der Waals surface area contributed by atoms with Crippen LogP contribution >= 0.6 is 11.6 Å². The van der Waals surface area contributed by atoms with Gasteiger partial charge < -0.3 is 9.84 Å². The van der Waals surface area contributed by atoms with Gasteiger partial charge in [0.1, 0.15) is 11.6 Å². The molecule has 2 rings (SSSR count). The Hall–Kier alpha value is -2.07. The molecule has 0 spiro atoms. The lowest BCUT2D eigenvalue weighted by Gasteiger charge is -2.15. The van der Waals surface area contributed by atoms with Crippen LogP contribution in [0.15, 0.2) is 48.5 Å². The molecule has 0 amide bonds. The number of ether oxygens (including phenoxy) is 1. The van der Waals surface area contributed by atoms with Gasteiger partial charge >= 0.3 is 5.97 Å². The minimum atomic E-state index is -1.12. The van der Waals surface area contributed by atoms with Gasteiger partial charge in [-0.2, -0.15) is 0 Å². The maximum absolute atomic E-state index is 13.1. The van der Waals surface area contributed by atoms with E-state index in [1.165, 1.54) is 24.3 Å². The standard InChI is InChI=1S/C15H12ClFO3/c16-11-4-2-6-13(9-11)20-14(15(18)19)8-10-3-1-5-12(17)7-10/h1-7,9,14H,8H2,(H,18,19)/t14-/m1/s1. The van der Waals surface area contributed by atoms with E-state index in [1.807, 2.05) is 0 Å². The Kier molecular flexibility index (Phi) is 4.58. The molecular weight excluding hydrogens is 283 g/mol. The summed E-state index contributed by atoms with van der Waals surface area (Å²) in [5.74, 6) is -1.16. The minimum absolute atomic E-state index is 0.0691. The molecule has 0 saturated carbocycles. The van der Waals surface area contributed by atoms with Crippen LogP contribution < -0.4 is 4.74 Å². The van der Waals surface area contributed by atoms with Crippen molar-refractivity contribution in [3.05, 3.63) is 64.9 Å². The molecule has 3 nitrogen and oxygen atoms in total. The molecule has 0 saturated heterocycles. The molecule has 20 heavy (non-hydrogen) atoms. The molecule has 104 valence electrons. The first-order valence-electron chi connectivity index (χ1n) is 5.94. The molecule has 0 radical (unpaired) electrons. The van der Waals surface area contributed by atoms with Crippen LogP contribution in [0, 0.1) is 5.82 Å². The van der Waals surface area contributed by atoms with Crippen molar-refractivity contribution in [2.45, 2.75) is 12.5 Å². The zero-order valence-electron chi connectivity index (χ0n) is 10.4. The van der Waals surface area contributed by atoms with Gasteiger partial charge in [-0.25, -0.2) is 9.18 Å². The molecule has 0 fully saturated rings. The second-order valence-corrected chi connectivity index (χ2v) is 4.67. The minimum Gasteiger partial charge on any atom is -0.478 e. The van der Waals surface area contributed by atoms with Gasteiger partial charge in [-0.3, -0.25) is 0 Å². The molecule has 0 heterocycles. The lowest BCUT2D eigenvalue weighted by Crippen LogP contribution is -2.29. The molecule has 0 bridgehead atoms. The predicted molar refractivity (Wildman–Crippen MR) is 73.6 cm³/mol. The van der Waals surface area contributed by atoms with Crippen molar-refractivity contribution in [2.24, 2.45) is 0 Å². The van der Waals surface area contributed by atoms with Crippen LogP contribution in [-0.2, 0) is 11.2 Å². The fourth-order valence-electron chi connectivity index (χ4n) is 1.76. The molecule has 2 aromatic rings. The zero-order valence-corrected chi connectivity index (χ0v) is 11.2. The zero-order chi connectivity index (χ0) is 14.5. The number of aliphatic carboxylic acids is 1. The molecular formula is C15H12ClFO3. The van der Waals surface area contributed by atoms with E-state index in [1.54, 1.807) is 24.3 Å². The predicted octanol–water partition coefficient (Wildman–Crippen LogP) is 3.55. The smallest absolute Gasteiger partial charge is 0.345 e. The van der Waals surface area contributed by atoms with Crippen LogP contribution in [0.1, 0.15) is 5.56 Å². The first-order valence-corrected chi connectivity index (χ1v) is 6.32. The summed E-state index contributed by atoms with van der Waals surface area (Å²) in [5.41, 5.74) is 0.555. The highest BCUT2D eigenvalue weighted by atomic mass is 35.5. The number of carboxylic acid groups (broad SMARTS) is 1. The number of carbonyl (C=O) groups is 1. The summed E-state index contributed by atoms with van der Waals surface area (Å²) >= 11 is 5.81. The molecule has 0 aliphatic carbocycles. The number of rotatable bonds is 5. The van der Waals surface area contributed by atoms with Gasteiger partial charge in [-0.05, 0) is 35.9 Å². The normalized spacial score (nSPS) is 11.9. The fourth-order valence-corrected chi connectivity index (χ4v) is 1.94. The van der Waals surface area contributed by atoms with E-state index in [4.69, 9.17) is 16.3 Å². The first-order chi connectivity index (χ1) is 9.54. The fraction of sp³-hybridized carbons (Fsp3) is 0.133. The number of halogens is 2. The summed E-state index contributed by atoms with van der Waals surface area (Å²) in [7, 11) is 0. The van der Waals surface area contributed by atoms with Crippen LogP contribution in [0.4, 0.5) is 4.39 Å². The number of carboxylic acids is 1. The Morgan fingerprint density at radius 2 is 2.00 bits per heavy atom. The molecule has 0 aliphatic heterocycles. The highest BCUT2D eigenvalue weighted by molar-refractivity contribution is 6.30. The van der Waals surface area contributed by atoms with Gasteiger partial charge in [0.2, 0.25) is 0 Å². The van der Waals surface area contributed by atoms with Crippen LogP contribution in [0.5, 0.6) is 5.75 Å². The topological polar surface area (TPSA) is 46.5 Å². The van der Waals surface area contributed by atoms with Crippen molar-refractivity contribution in [3.8, 4) is 5.75 Å². The quantitative estimate of drug-likeness (QED) is 0.917. The Labute approximate surface area is 120 Å². The van der Waals surface area contributed by atoms with E-state index in [-0.39, 0.29) is 6.42 Å². The highest BCUT2D eigenvalue weighted by Crippen LogP contribution is 2.19. The van der Waals surface area contributed by atoms with Gasteiger partial charge in [0.05, 0.1) is 0 Å². The molecule has 1 atom stereocenters. The third kappa shape index (κ3) is 3.96.